The molecule has 0 N–H and O–H groups in total. The molecule has 0 bridgehead atoms. The molecule has 1 unspecified atom stereocenters. The van der Waals surface area contributed by atoms with E-state index in [4.69, 9.17) is 9.47 Å². The molecule has 0 heterocycles. The van der Waals surface area contributed by atoms with E-state index in [2.05, 4.69) is 0 Å². The summed E-state index contributed by atoms with van der Waals surface area (Å²) < 4.78 is 53.1. The van der Waals surface area contributed by atoms with Crippen LogP contribution in [0.3, 0.4) is 0 Å². The second kappa shape index (κ2) is 8.75. The summed E-state index contributed by atoms with van der Waals surface area (Å²) in [5, 5.41) is 0. The number of anilines is 1. The van der Waals surface area contributed by atoms with Gasteiger partial charge in [0.2, 0.25) is 0 Å². The highest BCUT2D eigenvalue weighted by Gasteiger charge is 2.31. The highest BCUT2D eigenvalue weighted by Crippen LogP contribution is 2.35. The van der Waals surface area contributed by atoms with Gasteiger partial charge in [0.05, 0.1) is 30.8 Å². The SMILES string of the molecule is COc1ccc(C(C)N(c2ccc(C)c(F)c2)S(=O)(=O)c2ccc(OC)cc2)cc1. The van der Waals surface area contributed by atoms with Gasteiger partial charge >= 0.3 is 0 Å². The van der Waals surface area contributed by atoms with E-state index in [1.165, 1.54) is 29.6 Å². The first-order valence-corrected chi connectivity index (χ1v) is 10.8. The molecule has 3 rings (SSSR count). The Morgan fingerprint density at radius 3 is 1.90 bits per heavy atom. The lowest BCUT2D eigenvalue weighted by Gasteiger charge is -2.31. The van der Waals surface area contributed by atoms with Gasteiger partial charge in [0.15, 0.2) is 0 Å². The van der Waals surface area contributed by atoms with Gasteiger partial charge in [-0.1, -0.05) is 18.2 Å². The zero-order valence-corrected chi connectivity index (χ0v) is 18.1. The summed E-state index contributed by atoms with van der Waals surface area (Å²) in [5.41, 5.74) is 1.43. The number of methoxy groups -OCH3 is 2. The maximum atomic E-state index is 14.3. The standard InChI is InChI=1S/C23H24FNO4S/c1-16-5-8-19(15-23(16)24)25(17(2)18-6-9-20(28-3)10-7-18)30(26,27)22-13-11-21(29-4)12-14-22/h5-15,17H,1-4H3. The van der Waals surface area contributed by atoms with Crippen molar-refractivity contribution in [2.45, 2.75) is 24.8 Å². The van der Waals surface area contributed by atoms with Crippen LogP contribution >= 0.6 is 0 Å². The van der Waals surface area contributed by atoms with Crippen molar-refractivity contribution in [3.63, 3.8) is 0 Å². The largest absolute Gasteiger partial charge is 0.497 e. The molecule has 3 aromatic carbocycles. The molecule has 158 valence electrons. The van der Waals surface area contributed by atoms with Crippen LogP contribution in [0.4, 0.5) is 10.1 Å². The number of rotatable bonds is 7. The topological polar surface area (TPSA) is 55.8 Å². The van der Waals surface area contributed by atoms with Crippen molar-refractivity contribution in [2.24, 2.45) is 0 Å². The molecule has 0 spiro atoms. The van der Waals surface area contributed by atoms with Crippen molar-refractivity contribution in [3.05, 3.63) is 83.7 Å². The van der Waals surface area contributed by atoms with Crippen LogP contribution in [0.25, 0.3) is 0 Å². The fourth-order valence-electron chi connectivity index (χ4n) is 3.17. The third-order valence-corrected chi connectivity index (χ3v) is 6.89. The summed E-state index contributed by atoms with van der Waals surface area (Å²) in [4.78, 5) is 0.0876. The molecule has 0 saturated heterocycles. The lowest BCUT2D eigenvalue weighted by Crippen LogP contribution is -2.33. The minimum absolute atomic E-state index is 0.0876. The molecule has 0 aliphatic heterocycles. The van der Waals surface area contributed by atoms with Crippen LogP contribution in [0.1, 0.15) is 24.1 Å². The lowest BCUT2D eigenvalue weighted by molar-refractivity contribution is 0.414. The first-order chi connectivity index (χ1) is 14.3. The summed E-state index contributed by atoms with van der Waals surface area (Å²) >= 11 is 0. The molecule has 0 fully saturated rings. The van der Waals surface area contributed by atoms with Gasteiger partial charge in [-0.15, -0.1) is 0 Å². The van der Waals surface area contributed by atoms with Gasteiger partial charge in [-0.2, -0.15) is 0 Å². The van der Waals surface area contributed by atoms with Crippen LogP contribution in [0.5, 0.6) is 11.5 Å². The van der Waals surface area contributed by atoms with Gasteiger partial charge in [0.1, 0.15) is 17.3 Å². The van der Waals surface area contributed by atoms with E-state index in [1.54, 1.807) is 69.5 Å². The summed E-state index contributed by atoms with van der Waals surface area (Å²) in [6.07, 6.45) is 0. The molecule has 7 heteroatoms. The molecule has 0 amide bonds. The second-order valence-electron chi connectivity index (χ2n) is 6.86. The van der Waals surface area contributed by atoms with Crippen LogP contribution in [-0.2, 0) is 10.0 Å². The third kappa shape index (κ3) is 4.26. The van der Waals surface area contributed by atoms with E-state index in [0.29, 0.717) is 17.1 Å². The summed E-state index contributed by atoms with van der Waals surface area (Å²) in [7, 11) is -0.918. The molecule has 3 aromatic rings. The lowest BCUT2D eigenvalue weighted by atomic mass is 10.1. The number of nitrogens with zero attached hydrogens (tertiary/aromatic N) is 1. The van der Waals surface area contributed by atoms with Crippen molar-refractivity contribution in [2.75, 3.05) is 18.5 Å². The van der Waals surface area contributed by atoms with E-state index in [1.807, 2.05) is 0 Å². The fraction of sp³-hybridized carbons (Fsp3) is 0.217. The van der Waals surface area contributed by atoms with Crippen LogP contribution in [-0.4, -0.2) is 22.6 Å². The third-order valence-electron chi connectivity index (χ3n) is 4.98. The van der Waals surface area contributed by atoms with Crippen molar-refractivity contribution < 1.29 is 22.3 Å². The van der Waals surface area contributed by atoms with Crippen LogP contribution in [0, 0.1) is 12.7 Å². The van der Waals surface area contributed by atoms with Crippen molar-refractivity contribution >= 4 is 15.7 Å². The van der Waals surface area contributed by atoms with Gasteiger partial charge in [-0.05, 0) is 73.5 Å². The zero-order chi connectivity index (χ0) is 21.9. The zero-order valence-electron chi connectivity index (χ0n) is 17.3. The van der Waals surface area contributed by atoms with Crippen molar-refractivity contribution in [1.29, 1.82) is 0 Å². The maximum absolute atomic E-state index is 14.3. The Hall–Kier alpha value is -3.06. The molecular formula is C23H24FNO4S. The van der Waals surface area contributed by atoms with Gasteiger partial charge in [-0.3, -0.25) is 4.31 Å². The van der Waals surface area contributed by atoms with Gasteiger partial charge in [0, 0.05) is 0 Å². The van der Waals surface area contributed by atoms with Crippen molar-refractivity contribution in [3.8, 4) is 11.5 Å². The highest BCUT2D eigenvalue weighted by molar-refractivity contribution is 7.92. The van der Waals surface area contributed by atoms with Crippen LogP contribution in [0.15, 0.2) is 71.6 Å². The molecule has 0 aliphatic rings. The number of aryl methyl sites for hydroxylation is 1. The van der Waals surface area contributed by atoms with Crippen LogP contribution < -0.4 is 13.8 Å². The van der Waals surface area contributed by atoms with Crippen LogP contribution in [0.2, 0.25) is 0 Å². The molecule has 1 atom stereocenters. The number of halogens is 1. The first-order valence-electron chi connectivity index (χ1n) is 9.36. The Labute approximate surface area is 176 Å². The summed E-state index contributed by atoms with van der Waals surface area (Å²) in [6, 6.07) is 17.1. The Morgan fingerprint density at radius 1 is 0.867 bits per heavy atom. The quantitative estimate of drug-likeness (QED) is 0.524. The van der Waals surface area contributed by atoms with Gasteiger partial charge in [-0.25, -0.2) is 12.8 Å². The number of sulfonamides is 1. The summed E-state index contributed by atoms with van der Waals surface area (Å²) in [6.45, 7) is 3.40. The summed E-state index contributed by atoms with van der Waals surface area (Å²) in [5.74, 6) is 0.742. The second-order valence-corrected chi connectivity index (χ2v) is 8.67. The Kier molecular flexibility index (Phi) is 6.31. The number of ether oxygens (including phenoxy) is 2. The molecule has 0 radical (unpaired) electrons. The van der Waals surface area contributed by atoms with E-state index in [-0.39, 0.29) is 10.6 Å². The number of hydrogen-bond acceptors (Lipinski definition) is 4. The average Bonchev–Trinajstić information content (AvgIpc) is 2.76. The van der Waals surface area contributed by atoms with E-state index < -0.39 is 21.9 Å². The van der Waals surface area contributed by atoms with Gasteiger partial charge < -0.3 is 9.47 Å². The smallest absolute Gasteiger partial charge is 0.264 e. The normalized spacial score (nSPS) is 12.3. The predicted octanol–water partition coefficient (Wildman–Crippen LogP) is 5.11. The van der Waals surface area contributed by atoms with E-state index in [0.717, 1.165) is 5.56 Å². The minimum Gasteiger partial charge on any atom is -0.497 e. The Balaban J connectivity index is 2.13. The van der Waals surface area contributed by atoms with Crippen molar-refractivity contribution in [1.82, 2.24) is 0 Å². The van der Waals surface area contributed by atoms with Gasteiger partial charge in [0.25, 0.3) is 10.0 Å². The molecule has 0 aromatic heterocycles. The molecular weight excluding hydrogens is 405 g/mol. The Morgan fingerprint density at radius 2 is 1.40 bits per heavy atom. The molecule has 0 saturated carbocycles. The molecule has 30 heavy (non-hydrogen) atoms. The molecule has 0 aliphatic carbocycles. The monoisotopic (exact) mass is 429 g/mol. The first kappa shape index (κ1) is 21.6. The molecule has 5 nitrogen and oxygen atoms in total. The predicted molar refractivity (Wildman–Crippen MR) is 115 cm³/mol. The maximum Gasteiger partial charge on any atom is 0.264 e. The fourth-order valence-corrected chi connectivity index (χ4v) is 4.80. The number of benzene rings is 3. The number of hydrogen-bond donors (Lipinski definition) is 0. The van der Waals surface area contributed by atoms with E-state index in [9.17, 15) is 12.8 Å². The highest BCUT2D eigenvalue weighted by atomic mass is 32.2. The minimum atomic E-state index is -3.99. The Bertz CT molecular complexity index is 1110. The van der Waals surface area contributed by atoms with E-state index >= 15 is 0 Å². The average molecular weight is 430 g/mol.